The average molecular weight is 387 g/mol. The van der Waals surface area contributed by atoms with Gasteiger partial charge >= 0.3 is 0 Å². The molecule has 0 aliphatic carbocycles. The quantitative estimate of drug-likeness (QED) is 0.632. The molecule has 0 atom stereocenters. The molecule has 0 unspecified atom stereocenters. The molecule has 0 saturated carbocycles. The standard InChI is InChI=1S/C19H18N2OS3/c1-11-9-12(2)16-15(10-11)25-19(20-16)21-17(22)13-3-5-14(6-4-13)18-23-7-8-24-18/h3-6,9-10,18H,7-8H2,1-2H3,(H,20,21,22). The first-order valence-corrected chi connectivity index (χ1v) is 11.0. The van der Waals surface area contributed by atoms with Crippen LogP contribution in [0, 0.1) is 13.8 Å². The molecule has 0 bridgehead atoms. The number of carbonyl (C=O) groups is 1. The van der Waals surface area contributed by atoms with Crippen LogP contribution in [0.3, 0.4) is 0 Å². The summed E-state index contributed by atoms with van der Waals surface area (Å²) in [6.07, 6.45) is 0. The summed E-state index contributed by atoms with van der Waals surface area (Å²) in [5.74, 6) is 2.30. The first-order chi connectivity index (χ1) is 12.1. The maximum atomic E-state index is 12.5. The summed E-state index contributed by atoms with van der Waals surface area (Å²) in [6.45, 7) is 4.13. The Hall–Kier alpha value is -1.50. The Labute approximate surface area is 159 Å². The second-order valence-corrected chi connectivity index (χ2v) is 9.85. The molecule has 1 N–H and O–H groups in total. The van der Waals surface area contributed by atoms with Crippen molar-refractivity contribution in [2.75, 3.05) is 16.8 Å². The second-order valence-electron chi connectivity index (χ2n) is 6.10. The lowest BCUT2D eigenvalue weighted by molar-refractivity contribution is 0.102. The number of nitrogens with one attached hydrogen (secondary N) is 1. The van der Waals surface area contributed by atoms with E-state index >= 15 is 0 Å². The van der Waals surface area contributed by atoms with Crippen LogP contribution in [-0.2, 0) is 0 Å². The Bertz CT molecular complexity index is 928. The summed E-state index contributed by atoms with van der Waals surface area (Å²) in [6, 6.07) is 12.2. The molecule has 4 rings (SSSR count). The largest absolute Gasteiger partial charge is 0.298 e. The maximum absolute atomic E-state index is 12.5. The third-order valence-corrected chi connectivity index (χ3v) is 8.14. The van der Waals surface area contributed by atoms with E-state index < -0.39 is 0 Å². The van der Waals surface area contributed by atoms with E-state index in [1.54, 1.807) is 0 Å². The number of hydrogen-bond donors (Lipinski definition) is 1. The fraction of sp³-hybridized carbons (Fsp3) is 0.263. The average Bonchev–Trinajstić information content (AvgIpc) is 3.24. The fourth-order valence-corrected chi connectivity index (χ4v) is 6.83. The minimum atomic E-state index is -0.105. The fourth-order valence-electron chi connectivity index (χ4n) is 2.94. The van der Waals surface area contributed by atoms with Crippen LogP contribution in [0.2, 0.25) is 0 Å². The van der Waals surface area contributed by atoms with Crippen LogP contribution in [0.25, 0.3) is 10.2 Å². The van der Waals surface area contributed by atoms with Crippen molar-refractivity contribution in [3.05, 3.63) is 58.7 Å². The van der Waals surface area contributed by atoms with E-state index in [9.17, 15) is 4.79 Å². The number of carbonyl (C=O) groups excluding carboxylic acids is 1. The molecule has 2 heterocycles. The molecule has 1 aliphatic rings. The summed E-state index contributed by atoms with van der Waals surface area (Å²) in [4.78, 5) is 17.1. The third kappa shape index (κ3) is 3.57. The Kier molecular flexibility index (Phi) is 4.75. The van der Waals surface area contributed by atoms with Crippen molar-refractivity contribution in [1.82, 2.24) is 4.98 Å². The van der Waals surface area contributed by atoms with Gasteiger partial charge in [0.2, 0.25) is 0 Å². The molecular weight excluding hydrogens is 368 g/mol. The summed E-state index contributed by atoms with van der Waals surface area (Å²) in [5.41, 5.74) is 5.28. The van der Waals surface area contributed by atoms with Crippen molar-refractivity contribution in [2.45, 2.75) is 18.4 Å². The summed E-state index contributed by atoms with van der Waals surface area (Å²) in [5, 5.41) is 3.59. The topological polar surface area (TPSA) is 42.0 Å². The van der Waals surface area contributed by atoms with Gasteiger partial charge in [-0.05, 0) is 48.7 Å². The molecule has 3 aromatic rings. The van der Waals surface area contributed by atoms with Crippen molar-refractivity contribution >= 4 is 56.1 Å². The lowest BCUT2D eigenvalue weighted by atomic mass is 10.1. The summed E-state index contributed by atoms with van der Waals surface area (Å²) in [7, 11) is 0. The Morgan fingerprint density at radius 2 is 1.84 bits per heavy atom. The zero-order valence-electron chi connectivity index (χ0n) is 14.0. The molecule has 25 heavy (non-hydrogen) atoms. The van der Waals surface area contributed by atoms with E-state index in [0.717, 1.165) is 15.8 Å². The number of nitrogens with zero attached hydrogens (tertiary/aromatic N) is 1. The number of aryl methyl sites for hydroxylation is 2. The Morgan fingerprint density at radius 1 is 1.12 bits per heavy atom. The van der Waals surface area contributed by atoms with Gasteiger partial charge in [0.25, 0.3) is 5.91 Å². The highest BCUT2D eigenvalue weighted by atomic mass is 32.2. The van der Waals surface area contributed by atoms with E-state index in [-0.39, 0.29) is 5.91 Å². The number of thiazole rings is 1. The lowest BCUT2D eigenvalue weighted by Crippen LogP contribution is -2.11. The predicted octanol–water partition coefficient (Wildman–Crippen LogP) is 5.64. The van der Waals surface area contributed by atoms with Gasteiger partial charge in [0.05, 0.1) is 14.8 Å². The Balaban J connectivity index is 1.52. The van der Waals surface area contributed by atoms with E-state index in [4.69, 9.17) is 0 Å². The van der Waals surface area contributed by atoms with Crippen molar-refractivity contribution in [3.8, 4) is 0 Å². The van der Waals surface area contributed by atoms with E-state index in [1.807, 2.05) is 35.7 Å². The van der Waals surface area contributed by atoms with Gasteiger partial charge in [-0.15, -0.1) is 23.5 Å². The first kappa shape index (κ1) is 16.9. The van der Waals surface area contributed by atoms with Gasteiger partial charge in [0.1, 0.15) is 0 Å². The van der Waals surface area contributed by atoms with Gasteiger partial charge < -0.3 is 0 Å². The minimum absolute atomic E-state index is 0.105. The van der Waals surface area contributed by atoms with Crippen LogP contribution >= 0.6 is 34.9 Å². The van der Waals surface area contributed by atoms with Crippen LogP contribution < -0.4 is 5.32 Å². The van der Waals surface area contributed by atoms with Crippen molar-refractivity contribution in [3.63, 3.8) is 0 Å². The molecular formula is C19H18N2OS3. The van der Waals surface area contributed by atoms with Gasteiger partial charge in [0.15, 0.2) is 5.13 Å². The minimum Gasteiger partial charge on any atom is -0.298 e. The molecule has 1 amide bonds. The van der Waals surface area contributed by atoms with Crippen LogP contribution in [0.15, 0.2) is 36.4 Å². The molecule has 3 nitrogen and oxygen atoms in total. The van der Waals surface area contributed by atoms with E-state index in [2.05, 4.69) is 48.4 Å². The molecule has 0 radical (unpaired) electrons. The highest BCUT2D eigenvalue weighted by molar-refractivity contribution is 8.19. The number of fused-ring (bicyclic) bond motifs is 1. The third-order valence-electron chi connectivity index (χ3n) is 4.12. The number of hydrogen-bond acceptors (Lipinski definition) is 5. The molecule has 1 fully saturated rings. The molecule has 1 saturated heterocycles. The highest BCUT2D eigenvalue weighted by Crippen LogP contribution is 2.45. The van der Waals surface area contributed by atoms with Crippen molar-refractivity contribution < 1.29 is 4.79 Å². The molecule has 0 spiro atoms. The maximum Gasteiger partial charge on any atom is 0.257 e. The van der Waals surface area contributed by atoms with Gasteiger partial charge in [-0.25, -0.2) is 4.98 Å². The van der Waals surface area contributed by atoms with Crippen molar-refractivity contribution in [1.29, 1.82) is 0 Å². The Morgan fingerprint density at radius 3 is 2.56 bits per heavy atom. The molecule has 1 aliphatic heterocycles. The number of benzene rings is 2. The van der Waals surface area contributed by atoms with Crippen LogP contribution in [0.4, 0.5) is 5.13 Å². The first-order valence-electron chi connectivity index (χ1n) is 8.12. The van der Waals surface area contributed by atoms with Crippen LogP contribution in [-0.4, -0.2) is 22.4 Å². The number of aromatic nitrogens is 1. The summed E-state index contributed by atoms with van der Waals surface area (Å²) >= 11 is 5.46. The number of amides is 1. The lowest BCUT2D eigenvalue weighted by Gasteiger charge is -2.09. The van der Waals surface area contributed by atoms with Gasteiger partial charge in [-0.3, -0.25) is 10.1 Å². The van der Waals surface area contributed by atoms with Crippen LogP contribution in [0.1, 0.15) is 31.6 Å². The molecule has 128 valence electrons. The van der Waals surface area contributed by atoms with Crippen LogP contribution in [0.5, 0.6) is 0 Å². The highest BCUT2D eigenvalue weighted by Gasteiger charge is 2.18. The zero-order chi connectivity index (χ0) is 17.4. The van der Waals surface area contributed by atoms with Gasteiger partial charge in [0, 0.05) is 17.1 Å². The molecule has 1 aromatic heterocycles. The van der Waals surface area contributed by atoms with Gasteiger partial charge in [-0.2, -0.15) is 0 Å². The van der Waals surface area contributed by atoms with E-state index in [0.29, 0.717) is 15.3 Å². The number of anilines is 1. The summed E-state index contributed by atoms with van der Waals surface area (Å²) < 4.78 is 1.62. The molecule has 6 heteroatoms. The number of thioether (sulfide) groups is 2. The van der Waals surface area contributed by atoms with E-state index in [1.165, 1.54) is 34.0 Å². The normalized spacial score (nSPS) is 15.0. The SMILES string of the molecule is Cc1cc(C)c2nc(NC(=O)c3ccc(C4SCCS4)cc3)sc2c1. The predicted molar refractivity (Wildman–Crippen MR) is 111 cm³/mol. The molecule has 2 aromatic carbocycles. The van der Waals surface area contributed by atoms with Gasteiger partial charge in [-0.1, -0.05) is 29.5 Å². The zero-order valence-corrected chi connectivity index (χ0v) is 16.5. The van der Waals surface area contributed by atoms with Crippen molar-refractivity contribution in [2.24, 2.45) is 0 Å². The smallest absolute Gasteiger partial charge is 0.257 e. The number of rotatable bonds is 3. The monoisotopic (exact) mass is 386 g/mol. The second kappa shape index (κ2) is 7.02.